The second-order valence-corrected chi connectivity index (χ2v) is 11.1. The fourth-order valence-corrected chi connectivity index (χ4v) is 4.77. The smallest absolute Gasteiger partial charge is 0.306 e. The van der Waals surface area contributed by atoms with Crippen molar-refractivity contribution in [3.05, 3.63) is 29.8 Å². The van der Waals surface area contributed by atoms with E-state index in [4.69, 9.17) is 9.47 Å². The highest BCUT2D eigenvalue weighted by atomic mass is 16.5. The number of rotatable bonds is 25. The molecule has 3 heteroatoms. The molecule has 1 aromatic rings. The van der Waals surface area contributed by atoms with Crippen LogP contribution in [-0.2, 0) is 16.1 Å². The zero-order valence-electron chi connectivity index (χ0n) is 26.0. The van der Waals surface area contributed by atoms with Gasteiger partial charge in [0.05, 0.1) is 7.11 Å². The summed E-state index contributed by atoms with van der Waals surface area (Å²) in [6, 6.07) is 7.60. The molecule has 40 heavy (non-hydrogen) atoms. The lowest BCUT2D eigenvalue weighted by Gasteiger charge is -2.06. The predicted molar refractivity (Wildman–Crippen MR) is 170 cm³/mol. The minimum atomic E-state index is -0.114. The summed E-state index contributed by atoms with van der Waals surface area (Å²) >= 11 is 0. The quantitative estimate of drug-likeness (QED) is 0.0690. The monoisotopic (exact) mass is 550 g/mol. The molecular formula is C37H58O3. The molecule has 0 saturated heterocycles. The van der Waals surface area contributed by atoms with Crippen molar-refractivity contribution >= 4 is 5.97 Å². The van der Waals surface area contributed by atoms with E-state index in [0.717, 1.165) is 49.8 Å². The lowest BCUT2D eigenvalue weighted by molar-refractivity contribution is -0.145. The third-order valence-corrected chi connectivity index (χ3v) is 7.39. The van der Waals surface area contributed by atoms with Gasteiger partial charge in [-0.15, -0.1) is 0 Å². The molecule has 0 heterocycles. The summed E-state index contributed by atoms with van der Waals surface area (Å²) in [6.45, 7) is 2.61. The average molecular weight is 551 g/mol. The van der Waals surface area contributed by atoms with Crippen LogP contribution in [0, 0.1) is 23.7 Å². The Morgan fingerprint density at radius 2 is 1.02 bits per heavy atom. The Morgan fingerprint density at radius 3 is 1.48 bits per heavy atom. The first-order valence-corrected chi connectivity index (χ1v) is 16.5. The molecule has 0 atom stereocenters. The minimum absolute atomic E-state index is 0.114. The predicted octanol–water partition coefficient (Wildman–Crippen LogP) is 10.7. The number of benzene rings is 1. The van der Waals surface area contributed by atoms with Crippen LogP contribution in [0.5, 0.6) is 5.75 Å². The first-order valence-electron chi connectivity index (χ1n) is 16.5. The SMILES string of the molecule is CCCCCCCCCCCCCCCCC#CC#CCCCCCCCCC(=O)OCc1ccc(OC)cc1. The van der Waals surface area contributed by atoms with Gasteiger partial charge in [0.15, 0.2) is 0 Å². The van der Waals surface area contributed by atoms with Gasteiger partial charge >= 0.3 is 5.97 Å². The molecule has 0 fully saturated rings. The van der Waals surface area contributed by atoms with Gasteiger partial charge < -0.3 is 9.47 Å². The Hall–Kier alpha value is -2.39. The fourth-order valence-electron chi connectivity index (χ4n) is 4.77. The van der Waals surface area contributed by atoms with Crippen LogP contribution >= 0.6 is 0 Å². The Kier molecular flexibility index (Phi) is 25.1. The van der Waals surface area contributed by atoms with Gasteiger partial charge in [0, 0.05) is 19.3 Å². The third-order valence-electron chi connectivity index (χ3n) is 7.39. The zero-order chi connectivity index (χ0) is 28.8. The standard InChI is InChI=1S/C37H58O3/c1-3-4-5-6-7-8-9-10-11-12-13-14-15-16-17-18-19-20-21-22-23-24-25-26-27-28-29-37(38)40-34-35-30-32-36(39-2)33-31-35/h30-33H,3-17,22-29,34H2,1-2H3. The van der Waals surface area contributed by atoms with Gasteiger partial charge in [-0.3, -0.25) is 4.79 Å². The molecule has 0 unspecified atom stereocenters. The van der Waals surface area contributed by atoms with Crippen molar-refractivity contribution in [1.29, 1.82) is 0 Å². The highest BCUT2D eigenvalue weighted by molar-refractivity contribution is 5.69. The van der Waals surface area contributed by atoms with Gasteiger partial charge in [-0.25, -0.2) is 0 Å². The van der Waals surface area contributed by atoms with Crippen molar-refractivity contribution in [2.75, 3.05) is 7.11 Å². The average Bonchev–Trinajstić information content (AvgIpc) is 2.98. The molecule has 0 aromatic heterocycles. The van der Waals surface area contributed by atoms with E-state index < -0.39 is 0 Å². The minimum Gasteiger partial charge on any atom is -0.497 e. The van der Waals surface area contributed by atoms with Gasteiger partial charge in [0.2, 0.25) is 0 Å². The summed E-state index contributed by atoms with van der Waals surface area (Å²) in [5.74, 6) is 13.2. The van der Waals surface area contributed by atoms with E-state index in [0.29, 0.717) is 13.0 Å². The van der Waals surface area contributed by atoms with Gasteiger partial charge in [-0.1, -0.05) is 140 Å². The molecule has 1 rings (SSSR count). The van der Waals surface area contributed by atoms with Gasteiger partial charge in [0.1, 0.15) is 12.4 Å². The summed E-state index contributed by atoms with van der Waals surface area (Å²) in [5, 5.41) is 0. The largest absolute Gasteiger partial charge is 0.497 e. The molecule has 1 aromatic carbocycles. The highest BCUT2D eigenvalue weighted by Crippen LogP contribution is 2.14. The number of methoxy groups -OCH3 is 1. The number of unbranched alkanes of at least 4 members (excludes halogenated alkanes) is 20. The lowest BCUT2D eigenvalue weighted by Crippen LogP contribution is -2.04. The Bertz CT molecular complexity index is 834. The normalized spacial score (nSPS) is 10.3. The summed E-state index contributed by atoms with van der Waals surface area (Å²) in [4.78, 5) is 11.9. The number of ether oxygens (including phenoxy) is 2. The van der Waals surface area contributed by atoms with E-state index in [-0.39, 0.29) is 5.97 Å². The van der Waals surface area contributed by atoms with Crippen LogP contribution in [-0.4, -0.2) is 13.1 Å². The Labute approximate surface area is 247 Å². The van der Waals surface area contributed by atoms with Crippen molar-refractivity contribution in [2.24, 2.45) is 0 Å². The van der Waals surface area contributed by atoms with E-state index >= 15 is 0 Å². The molecule has 0 spiro atoms. The molecule has 0 bridgehead atoms. The molecule has 0 radical (unpaired) electrons. The molecule has 224 valence electrons. The van der Waals surface area contributed by atoms with Crippen LogP contribution in [0.15, 0.2) is 24.3 Å². The summed E-state index contributed by atoms with van der Waals surface area (Å²) in [5.41, 5.74) is 0.980. The van der Waals surface area contributed by atoms with Gasteiger partial charge in [-0.05, 0) is 48.8 Å². The topological polar surface area (TPSA) is 35.5 Å². The number of carbonyl (C=O) groups is 1. The van der Waals surface area contributed by atoms with Crippen LogP contribution in [0.4, 0.5) is 0 Å². The van der Waals surface area contributed by atoms with Gasteiger partial charge in [-0.2, -0.15) is 0 Å². The maximum Gasteiger partial charge on any atom is 0.306 e. The van der Waals surface area contributed by atoms with Crippen molar-refractivity contribution in [3.63, 3.8) is 0 Å². The number of esters is 1. The Balaban J connectivity index is 1.80. The molecule has 0 aliphatic carbocycles. The molecule has 3 nitrogen and oxygen atoms in total. The Morgan fingerprint density at radius 1 is 0.600 bits per heavy atom. The van der Waals surface area contributed by atoms with Crippen molar-refractivity contribution in [1.82, 2.24) is 0 Å². The van der Waals surface area contributed by atoms with E-state index in [1.54, 1.807) is 7.11 Å². The molecule has 0 aliphatic rings. The van der Waals surface area contributed by atoms with Gasteiger partial charge in [0.25, 0.3) is 0 Å². The zero-order valence-corrected chi connectivity index (χ0v) is 26.0. The van der Waals surface area contributed by atoms with E-state index in [9.17, 15) is 4.79 Å². The first-order chi connectivity index (χ1) is 19.8. The van der Waals surface area contributed by atoms with E-state index in [1.165, 1.54) is 103 Å². The lowest BCUT2D eigenvalue weighted by atomic mass is 10.0. The molecule has 0 N–H and O–H groups in total. The molecular weight excluding hydrogens is 492 g/mol. The number of carbonyl (C=O) groups excluding carboxylic acids is 1. The van der Waals surface area contributed by atoms with Crippen LogP contribution in [0.3, 0.4) is 0 Å². The first kappa shape index (κ1) is 35.6. The number of hydrogen-bond donors (Lipinski definition) is 0. The summed E-state index contributed by atoms with van der Waals surface area (Å²) < 4.78 is 10.5. The van der Waals surface area contributed by atoms with E-state index in [1.807, 2.05) is 24.3 Å². The molecule has 0 aliphatic heterocycles. The third kappa shape index (κ3) is 23.5. The highest BCUT2D eigenvalue weighted by Gasteiger charge is 2.04. The van der Waals surface area contributed by atoms with Crippen LogP contribution in [0.1, 0.15) is 160 Å². The van der Waals surface area contributed by atoms with Crippen molar-refractivity contribution in [3.8, 4) is 29.4 Å². The second kappa shape index (κ2) is 28.1. The summed E-state index contributed by atoms with van der Waals surface area (Å²) in [7, 11) is 1.64. The molecule has 0 saturated carbocycles. The second-order valence-electron chi connectivity index (χ2n) is 11.1. The van der Waals surface area contributed by atoms with Crippen LogP contribution < -0.4 is 4.74 Å². The maximum absolute atomic E-state index is 11.9. The van der Waals surface area contributed by atoms with E-state index in [2.05, 4.69) is 30.6 Å². The molecule has 0 amide bonds. The van der Waals surface area contributed by atoms with Crippen molar-refractivity contribution in [2.45, 2.75) is 161 Å². The fraction of sp³-hybridized carbons (Fsp3) is 0.703. The van der Waals surface area contributed by atoms with Crippen LogP contribution in [0.25, 0.3) is 0 Å². The van der Waals surface area contributed by atoms with Crippen molar-refractivity contribution < 1.29 is 14.3 Å². The van der Waals surface area contributed by atoms with Crippen LogP contribution in [0.2, 0.25) is 0 Å². The maximum atomic E-state index is 11.9. The summed E-state index contributed by atoms with van der Waals surface area (Å²) in [6.07, 6.45) is 28.6. The number of hydrogen-bond acceptors (Lipinski definition) is 3.